The van der Waals surface area contributed by atoms with E-state index in [1.807, 2.05) is 33.8 Å². The lowest BCUT2D eigenvalue weighted by molar-refractivity contribution is -0.157. The minimum Gasteiger partial charge on any atom is -0.461 e. The zero-order valence-corrected chi connectivity index (χ0v) is 31.1. The fourth-order valence-corrected chi connectivity index (χ4v) is 6.77. The van der Waals surface area contributed by atoms with Crippen molar-refractivity contribution in [1.29, 1.82) is 0 Å². The Bertz CT molecular complexity index is 2540. The van der Waals surface area contributed by atoms with E-state index in [1.165, 1.54) is 31.7 Å². The molecule has 1 aromatic carbocycles. The second kappa shape index (κ2) is 14.6. The Balaban J connectivity index is 1.28. The molecule has 1 fully saturated rings. The van der Waals surface area contributed by atoms with E-state index in [2.05, 4.69) is 20.9 Å². The van der Waals surface area contributed by atoms with Crippen LogP contribution in [-0.2, 0) is 37.6 Å². The number of fused-ring (bicyclic) bond motifs is 1. The molecule has 0 saturated carbocycles. The lowest BCUT2D eigenvalue weighted by Crippen LogP contribution is -2.43. The average Bonchev–Trinajstić information content (AvgIpc) is 3.82. The van der Waals surface area contributed by atoms with Gasteiger partial charge in [-0.15, -0.1) is 6.42 Å². The van der Waals surface area contributed by atoms with Gasteiger partial charge in [-0.2, -0.15) is 9.37 Å². The Hall–Kier alpha value is -6.06. The molecule has 0 unspecified atom stereocenters. The van der Waals surface area contributed by atoms with E-state index in [0.717, 1.165) is 15.7 Å². The molecule has 1 N–H and O–H groups in total. The van der Waals surface area contributed by atoms with Crippen molar-refractivity contribution in [2.75, 3.05) is 6.61 Å². The van der Waals surface area contributed by atoms with Crippen molar-refractivity contribution in [1.82, 2.24) is 19.1 Å². The first kappa shape index (κ1) is 38.7. The normalized spacial score (nSPS) is 18.9. The minimum atomic E-state index is -1.81. The van der Waals surface area contributed by atoms with Gasteiger partial charge in [-0.05, 0) is 44.9 Å². The van der Waals surface area contributed by atoms with Crippen LogP contribution in [-0.4, -0.2) is 54.5 Å². The highest BCUT2D eigenvalue weighted by Gasteiger charge is 2.49. The lowest BCUT2D eigenvalue weighted by atomic mass is 9.78. The summed E-state index contributed by atoms with van der Waals surface area (Å²) in [5.41, 5.74) is -0.417. The second-order valence-corrected chi connectivity index (χ2v) is 13.9. The maximum Gasteiger partial charge on any atom is 0.519 e. The van der Waals surface area contributed by atoms with Gasteiger partial charge in [0.15, 0.2) is 33.8 Å². The van der Waals surface area contributed by atoms with Gasteiger partial charge >= 0.3 is 23.6 Å². The maximum absolute atomic E-state index is 16.0. The van der Waals surface area contributed by atoms with Crippen LogP contribution in [0.1, 0.15) is 79.6 Å². The fourth-order valence-electron chi connectivity index (χ4n) is 6.77. The number of carbonyl (C=O) groups is 2. The summed E-state index contributed by atoms with van der Waals surface area (Å²) in [4.78, 5) is 61.5. The molecule has 5 heterocycles. The number of aliphatic hydroxyl groups is 1. The average molecular weight is 764 g/mol. The number of nitrogens with zero attached hydrogens (tertiary/aromatic N) is 5. The molecule has 3 atom stereocenters. The van der Waals surface area contributed by atoms with E-state index in [4.69, 9.17) is 38.3 Å². The highest BCUT2D eigenvalue weighted by molar-refractivity contribution is 5.74. The molecular weight excluding hydrogens is 725 g/mol. The summed E-state index contributed by atoms with van der Waals surface area (Å²) in [6.45, 7) is 10.4. The van der Waals surface area contributed by atoms with E-state index in [-0.39, 0.29) is 65.6 Å². The number of halogens is 1. The first-order chi connectivity index (χ1) is 25.9. The quantitative estimate of drug-likeness (QED) is 0.0884. The van der Waals surface area contributed by atoms with Crippen molar-refractivity contribution in [3.8, 4) is 18.1 Å². The van der Waals surface area contributed by atoms with Crippen LogP contribution in [0.15, 0.2) is 50.7 Å². The summed E-state index contributed by atoms with van der Waals surface area (Å²) in [6.07, 6.45) is 3.41. The van der Waals surface area contributed by atoms with Crippen molar-refractivity contribution in [3.63, 3.8) is 0 Å². The first-order valence-corrected chi connectivity index (χ1v) is 17.0. The number of terminal acetylenes is 1. The number of rotatable bonds is 11. The SMILES string of the molecule is C#C[C@]1(COC(=O)CC(C)(C)c2c(C)cc(C)cc2OC(C)=O)O[C@@H](n2cnc3/c(=N/Cc4oc(=O)oc4C)n(Cc4oc(=O)oc4C)c(F)nc32)C[C@@H]1O. The van der Waals surface area contributed by atoms with Gasteiger partial charge in [-0.1, -0.05) is 25.8 Å². The summed E-state index contributed by atoms with van der Waals surface area (Å²) >= 11 is 0. The van der Waals surface area contributed by atoms with Gasteiger partial charge < -0.3 is 37.0 Å². The van der Waals surface area contributed by atoms with Crippen LogP contribution in [0.2, 0.25) is 0 Å². The number of hydrogen-bond acceptors (Lipinski definition) is 15. The Morgan fingerprint density at radius 3 is 2.40 bits per heavy atom. The molecule has 17 nitrogen and oxygen atoms in total. The number of benzene rings is 1. The lowest BCUT2D eigenvalue weighted by Gasteiger charge is -2.30. The van der Waals surface area contributed by atoms with Gasteiger partial charge in [-0.3, -0.25) is 23.7 Å². The summed E-state index contributed by atoms with van der Waals surface area (Å²) < 4.78 is 55.5. The molecule has 55 heavy (non-hydrogen) atoms. The van der Waals surface area contributed by atoms with E-state index in [1.54, 1.807) is 6.07 Å². The molecule has 290 valence electrons. The zero-order valence-electron chi connectivity index (χ0n) is 31.1. The third-order valence-corrected chi connectivity index (χ3v) is 9.27. The van der Waals surface area contributed by atoms with Crippen molar-refractivity contribution in [2.24, 2.45) is 4.99 Å². The number of hydrogen-bond donors (Lipinski definition) is 1. The molecule has 5 aromatic rings. The number of esters is 2. The van der Waals surface area contributed by atoms with E-state index in [0.29, 0.717) is 11.3 Å². The predicted octanol–water partition coefficient (Wildman–Crippen LogP) is 3.34. The predicted molar refractivity (Wildman–Crippen MR) is 186 cm³/mol. The maximum atomic E-state index is 16.0. The minimum absolute atomic E-state index is 0.00484. The summed E-state index contributed by atoms with van der Waals surface area (Å²) in [5, 5.41) is 11.2. The highest BCUT2D eigenvalue weighted by atomic mass is 19.1. The van der Waals surface area contributed by atoms with Gasteiger partial charge in [-0.25, -0.2) is 14.6 Å². The molecule has 1 aliphatic rings. The van der Waals surface area contributed by atoms with Crippen LogP contribution >= 0.6 is 0 Å². The van der Waals surface area contributed by atoms with Crippen molar-refractivity contribution in [3.05, 3.63) is 91.0 Å². The number of aryl methyl sites for hydroxylation is 4. The van der Waals surface area contributed by atoms with Gasteiger partial charge in [0, 0.05) is 24.3 Å². The number of carbonyl (C=O) groups excluding carboxylic acids is 2. The number of ether oxygens (including phenoxy) is 3. The van der Waals surface area contributed by atoms with Gasteiger partial charge in [0.2, 0.25) is 0 Å². The highest BCUT2D eigenvalue weighted by Crippen LogP contribution is 2.40. The summed E-state index contributed by atoms with van der Waals surface area (Å²) in [6, 6.07) is 3.64. The van der Waals surface area contributed by atoms with Crippen molar-refractivity contribution in [2.45, 2.75) is 97.7 Å². The molecule has 0 spiro atoms. The molecule has 1 aliphatic heterocycles. The summed E-state index contributed by atoms with van der Waals surface area (Å²) in [5.74, 6) is 0.00252. The molecule has 0 radical (unpaired) electrons. The number of imidazole rings is 1. The van der Waals surface area contributed by atoms with Crippen LogP contribution in [0.25, 0.3) is 11.2 Å². The van der Waals surface area contributed by atoms with E-state index in [9.17, 15) is 24.3 Å². The Morgan fingerprint density at radius 2 is 1.78 bits per heavy atom. The molecule has 0 bridgehead atoms. The standard InChI is InChI=1S/C37H38FN5O12/c1-9-37(16-49-28(46)13-36(7,8)29-19(3)10-18(2)11-23(29)52-22(6)44)26(45)12-27(55-37)43-17-40-30-31(39-14-24-20(4)50-34(47)53-24)42(33(38)41-32(30)43)15-25-21(5)51-35(48)54-25/h1,10-11,17,26-27,45H,12-16H2,2-8H3/b39-31-/t26-,27+,37+/m0/s1. The molecule has 0 aliphatic carbocycles. The van der Waals surface area contributed by atoms with Crippen molar-refractivity contribution < 1.29 is 51.0 Å². The number of aliphatic hydroxyl groups excluding tert-OH is 1. The Morgan fingerprint density at radius 1 is 1.11 bits per heavy atom. The van der Waals surface area contributed by atoms with Gasteiger partial charge in [0.1, 0.15) is 42.8 Å². The smallest absolute Gasteiger partial charge is 0.461 e. The largest absolute Gasteiger partial charge is 0.519 e. The van der Waals surface area contributed by atoms with E-state index >= 15 is 4.39 Å². The van der Waals surface area contributed by atoms with Gasteiger partial charge in [0.25, 0.3) is 6.08 Å². The molecular formula is C37H38FN5O12. The van der Waals surface area contributed by atoms with Crippen LogP contribution in [0, 0.1) is 46.1 Å². The fraction of sp³-hybridized carbons (Fsp3) is 0.432. The summed E-state index contributed by atoms with van der Waals surface area (Å²) in [7, 11) is 0. The third-order valence-electron chi connectivity index (χ3n) is 9.27. The van der Waals surface area contributed by atoms with Crippen LogP contribution in [0.4, 0.5) is 4.39 Å². The molecule has 4 aromatic heterocycles. The third kappa shape index (κ3) is 7.66. The molecule has 1 saturated heterocycles. The topological polar surface area (TPSA) is 217 Å². The molecule has 18 heteroatoms. The Kier molecular flexibility index (Phi) is 10.3. The van der Waals surface area contributed by atoms with Crippen LogP contribution in [0.3, 0.4) is 0 Å². The van der Waals surface area contributed by atoms with Crippen LogP contribution in [0.5, 0.6) is 5.75 Å². The van der Waals surface area contributed by atoms with Crippen molar-refractivity contribution >= 4 is 23.1 Å². The molecule has 6 rings (SSSR count). The van der Waals surface area contributed by atoms with Crippen LogP contribution < -0.4 is 21.9 Å². The first-order valence-electron chi connectivity index (χ1n) is 17.0. The Labute approximate surface area is 311 Å². The van der Waals surface area contributed by atoms with Gasteiger partial charge in [0.05, 0.1) is 19.3 Å². The number of aromatic nitrogens is 4. The second-order valence-electron chi connectivity index (χ2n) is 13.9. The zero-order chi connectivity index (χ0) is 40.0. The van der Waals surface area contributed by atoms with E-state index < -0.39 is 59.6 Å². The monoisotopic (exact) mass is 763 g/mol. The molecule has 0 amide bonds.